The lowest BCUT2D eigenvalue weighted by molar-refractivity contribution is 0.411. The van der Waals surface area contributed by atoms with Crippen LogP contribution >= 0.6 is 22.6 Å². The Balaban J connectivity index is 3.24. The highest BCUT2D eigenvalue weighted by Gasteiger charge is 2.02. The SMILES string of the molecule is COc1cc(C)cc(I)c1C. The summed E-state index contributed by atoms with van der Waals surface area (Å²) < 4.78 is 6.47. The fraction of sp³-hybridized carbons (Fsp3) is 0.333. The number of aryl methyl sites for hydroxylation is 1. The summed E-state index contributed by atoms with van der Waals surface area (Å²) in [5.74, 6) is 0.981. The Hall–Kier alpha value is -0.250. The van der Waals surface area contributed by atoms with Gasteiger partial charge in [0.2, 0.25) is 0 Å². The molecule has 0 N–H and O–H groups in total. The predicted octanol–water partition coefficient (Wildman–Crippen LogP) is 2.92. The van der Waals surface area contributed by atoms with Crippen LogP contribution in [0.2, 0.25) is 0 Å². The van der Waals surface area contributed by atoms with E-state index in [0.29, 0.717) is 0 Å². The Morgan fingerprint density at radius 3 is 2.45 bits per heavy atom. The van der Waals surface area contributed by atoms with Gasteiger partial charge in [0.25, 0.3) is 0 Å². The monoisotopic (exact) mass is 262 g/mol. The summed E-state index contributed by atoms with van der Waals surface area (Å²) in [7, 11) is 1.71. The van der Waals surface area contributed by atoms with Crippen LogP contribution in [0.4, 0.5) is 0 Å². The average molecular weight is 262 g/mol. The molecule has 0 bridgehead atoms. The van der Waals surface area contributed by atoms with Crippen molar-refractivity contribution >= 4 is 22.6 Å². The quantitative estimate of drug-likeness (QED) is 0.707. The van der Waals surface area contributed by atoms with Gasteiger partial charge in [0, 0.05) is 9.13 Å². The number of hydrogen-bond donors (Lipinski definition) is 0. The van der Waals surface area contributed by atoms with Gasteiger partial charge < -0.3 is 4.74 Å². The summed E-state index contributed by atoms with van der Waals surface area (Å²) in [6.45, 7) is 4.14. The summed E-state index contributed by atoms with van der Waals surface area (Å²) >= 11 is 2.32. The lowest BCUT2D eigenvalue weighted by Crippen LogP contribution is -1.90. The summed E-state index contributed by atoms with van der Waals surface area (Å²) in [4.78, 5) is 0. The van der Waals surface area contributed by atoms with Crippen molar-refractivity contribution in [3.63, 3.8) is 0 Å². The van der Waals surface area contributed by atoms with Gasteiger partial charge in [0.15, 0.2) is 0 Å². The van der Waals surface area contributed by atoms with Crippen LogP contribution in [-0.2, 0) is 0 Å². The lowest BCUT2D eigenvalue weighted by Gasteiger charge is -2.07. The molecule has 0 unspecified atom stereocenters. The van der Waals surface area contributed by atoms with Gasteiger partial charge in [0.05, 0.1) is 7.11 Å². The first-order valence-electron chi connectivity index (χ1n) is 3.46. The molecule has 2 heteroatoms. The molecule has 0 heterocycles. The molecular formula is C9H11IO. The molecule has 0 amide bonds. The van der Waals surface area contributed by atoms with Crippen LogP contribution in [0.5, 0.6) is 5.75 Å². The lowest BCUT2D eigenvalue weighted by atomic mass is 10.1. The fourth-order valence-corrected chi connectivity index (χ4v) is 1.75. The minimum atomic E-state index is 0.981. The molecule has 60 valence electrons. The third-order valence-electron chi connectivity index (χ3n) is 1.66. The molecule has 0 aliphatic carbocycles. The van der Waals surface area contributed by atoms with Crippen molar-refractivity contribution in [1.29, 1.82) is 0 Å². The maximum Gasteiger partial charge on any atom is 0.123 e. The summed E-state index contributed by atoms with van der Waals surface area (Å²) in [6, 6.07) is 4.20. The van der Waals surface area contributed by atoms with E-state index in [1.165, 1.54) is 14.7 Å². The number of methoxy groups -OCH3 is 1. The number of rotatable bonds is 1. The van der Waals surface area contributed by atoms with E-state index in [-0.39, 0.29) is 0 Å². The van der Waals surface area contributed by atoms with Gasteiger partial charge >= 0.3 is 0 Å². The standard InChI is InChI=1S/C9H11IO/c1-6-4-8(10)7(2)9(5-6)11-3/h4-5H,1-3H3. The van der Waals surface area contributed by atoms with Crippen LogP contribution in [0.3, 0.4) is 0 Å². The number of halogens is 1. The first-order chi connectivity index (χ1) is 5.15. The molecule has 0 aliphatic heterocycles. The van der Waals surface area contributed by atoms with E-state index in [1.807, 2.05) is 0 Å². The maximum absolute atomic E-state index is 5.20. The van der Waals surface area contributed by atoms with E-state index < -0.39 is 0 Å². The number of ether oxygens (including phenoxy) is 1. The van der Waals surface area contributed by atoms with E-state index >= 15 is 0 Å². The van der Waals surface area contributed by atoms with Crippen molar-refractivity contribution in [1.82, 2.24) is 0 Å². The summed E-state index contributed by atoms with van der Waals surface area (Å²) in [5, 5.41) is 0. The van der Waals surface area contributed by atoms with E-state index in [1.54, 1.807) is 7.11 Å². The zero-order valence-electron chi connectivity index (χ0n) is 6.94. The summed E-state index contributed by atoms with van der Waals surface area (Å²) in [6.07, 6.45) is 0. The highest BCUT2D eigenvalue weighted by atomic mass is 127. The van der Waals surface area contributed by atoms with Crippen LogP contribution in [0.25, 0.3) is 0 Å². The van der Waals surface area contributed by atoms with E-state index in [9.17, 15) is 0 Å². The maximum atomic E-state index is 5.20. The van der Waals surface area contributed by atoms with Gasteiger partial charge in [-0.2, -0.15) is 0 Å². The molecule has 0 atom stereocenters. The topological polar surface area (TPSA) is 9.23 Å². The minimum absolute atomic E-state index is 0.981. The Labute approximate surface area is 80.9 Å². The second kappa shape index (κ2) is 3.43. The number of hydrogen-bond acceptors (Lipinski definition) is 1. The molecule has 0 fully saturated rings. The van der Waals surface area contributed by atoms with Gasteiger partial charge in [-0.3, -0.25) is 0 Å². The minimum Gasteiger partial charge on any atom is -0.496 e. The molecule has 0 spiro atoms. The van der Waals surface area contributed by atoms with Crippen LogP contribution in [0, 0.1) is 17.4 Å². The van der Waals surface area contributed by atoms with E-state index in [0.717, 1.165) is 5.75 Å². The first-order valence-corrected chi connectivity index (χ1v) is 4.53. The third-order valence-corrected chi connectivity index (χ3v) is 2.78. The number of benzene rings is 1. The normalized spacial score (nSPS) is 9.82. The highest BCUT2D eigenvalue weighted by Crippen LogP contribution is 2.24. The van der Waals surface area contributed by atoms with Gasteiger partial charge in [-0.1, -0.05) is 0 Å². The molecule has 1 aromatic rings. The molecular weight excluding hydrogens is 251 g/mol. The van der Waals surface area contributed by atoms with Crippen LogP contribution in [-0.4, -0.2) is 7.11 Å². The van der Waals surface area contributed by atoms with Crippen LogP contribution < -0.4 is 4.74 Å². The van der Waals surface area contributed by atoms with Gasteiger partial charge in [-0.05, 0) is 54.1 Å². The van der Waals surface area contributed by atoms with Gasteiger partial charge in [0.1, 0.15) is 5.75 Å². The second-order valence-corrected chi connectivity index (χ2v) is 3.74. The molecule has 0 radical (unpaired) electrons. The molecule has 0 aromatic heterocycles. The van der Waals surface area contributed by atoms with E-state index in [2.05, 4.69) is 48.6 Å². The van der Waals surface area contributed by atoms with Crippen molar-refractivity contribution in [3.05, 3.63) is 26.8 Å². The fourth-order valence-electron chi connectivity index (χ4n) is 0.995. The molecule has 1 rings (SSSR count). The molecule has 1 nitrogen and oxygen atoms in total. The third kappa shape index (κ3) is 1.86. The molecule has 1 aromatic carbocycles. The van der Waals surface area contributed by atoms with Crippen molar-refractivity contribution < 1.29 is 4.74 Å². The van der Waals surface area contributed by atoms with Crippen LogP contribution in [0.1, 0.15) is 11.1 Å². The molecule has 11 heavy (non-hydrogen) atoms. The molecule has 0 aliphatic rings. The van der Waals surface area contributed by atoms with Gasteiger partial charge in [-0.25, -0.2) is 0 Å². The van der Waals surface area contributed by atoms with E-state index in [4.69, 9.17) is 4.74 Å². The smallest absolute Gasteiger partial charge is 0.123 e. The van der Waals surface area contributed by atoms with Crippen molar-refractivity contribution in [2.75, 3.05) is 7.11 Å². The predicted molar refractivity (Wildman–Crippen MR) is 55.2 cm³/mol. The Morgan fingerprint density at radius 1 is 1.27 bits per heavy atom. The second-order valence-electron chi connectivity index (χ2n) is 2.57. The zero-order valence-corrected chi connectivity index (χ0v) is 9.10. The molecule has 0 saturated carbocycles. The summed E-state index contributed by atoms with van der Waals surface area (Å²) in [5.41, 5.74) is 2.47. The Kier molecular flexibility index (Phi) is 2.76. The first kappa shape index (κ1) is 8.84. The van der Waals surface area contributed by atoms with Crippen molar-refractivity contribution in [2.24, 2.45) is 0 Å². The Bertz CT molecular complexity index is 269. The van der Waals surface area contributed by atoms with Gasteiger partial charge in [-0.15, -0.1) is 0 Å². The Morgan fingerprint density at radius 2 is 1.91 bits per heavy atom. The van der Waals surface area contributed by atoms with Crippen molar-refractivity contribution in [3.8, 4) is 5.75 Å². The zero-order chi connectivity index (χ0) is 8.43. The van der Waals surface area contributed by atoms with Crippen molar-refractivity contribution in [2.45, 2.75) is 13.8 Å². The highest BCUT2D eigenvalue weighted by molar-refractivity contribution is 14.1. The van der Waals surface area contributed by atoms with Crippen LogP contribution in [0.15, 0.2) is 12.1 Å². The molecule has 0 saturated heterocycles. The largest absolute Gasteiger partial charge is 0.496 e. The average Bonchev–Trinajstić information content (AvgIpc) is 1.96.